The number of hydrogen-bond donors (Lipinski definition) is 1. The first kappa shape index (κ1) is 18.4. The molecular formula is C21H23N3O4S. The first-order valence-corrected chi connectivity index (χ1v) is 11.0. The molecule has 0 unspecified atom stereocenters. The van der Waals surface area contributed by atoms with Gasteiger partial charge in [0.2, 0.25) is 11.8 Å². The summed E-state index contributed by atoms with van der Waals surface area (Å²) in [6.45, 7) is 1.38. The monoisotopic (exact) mass is 413 g/mol. The van der Waals surface area contributed by atoms with Gasteiger partial charge in [-0.2, -0.15) is 0 Å². The van der Waals surface area contributed by atoms with Gasteiger partial charge in [0.1, 0.15) is 13.2 Å². The number of aryl methyl sites for hydroxylation is 2. The number of carbonyl (C=O) groups is 2. The molecule has 3 heterocycles. The maximum atomic E-state index is 12.8. The number of aromatic nitrogens is 1. The Balaban J connectivity index is 1.27. The van der Waals surface area contributed by atoms with E-state index in [4.69, 9.17) is 9.47 Å². The van der Waals surface area contributed by atoms with Crippen LogP contribution in [0.5, 0.6) is 11.5 Å². The largest absolute Gasteiger partial charge is 0.486 e. The number of carbonyl (C=O) groups excluding carboxylic acids is 2. The van der Waals surface area contributed by atoms with Crippen molar-refractivity contribution < 1.29 is 19.1 Å². The topological polar surface area (TPSA) is 80.8 Å². The summed E-state index contributed by atoms with van der Waals surface area (Å²) < 4.78 is 11.1. The molecular weight excluding hydrogens is 390 g/mol. The molecule has 1 fully saturated rings. The van der Waals surface area contributed by atoms with E-state index in [2.05, 4.69) is 10.3 Å². The highest BCUT2D eigenvalue weighted by Gasteiger charge is 2.36. The highest BCUT2D eigenvalue weighted by molar-refractivity contribution is 7.15. The molecule has 7 nitrogen and oxygen atoms in total. The van der Waals surface area contributed by atoms with Crippen molar-refractivity contribution in [3.63, 3.8) is 0 Å². The van der Waals surface area contributed by atoms with E-state index in [1.807, 2.05) is 18.2 Å². The summed E-state index contributed by atoms with van der Waals surface area (Å²) in [5, 5.41) is 3.61. The molecule has 29 heavy (non-hydrogen) atoms. The number of fused-ring (bicyclic) bond motifs is 2. The first-order chi connectivity index (χ1) is 14.2. The number of hydrogen-bond acceptors (Lipinski definition) is 6. The molecule has 152 valence electrons. The van der Waals surface area contributed by atoms with Crippen LogP contribution < -0.4 is 19.7 Å². The molecule has 2 aliphatic heterocycles. The molecule has 1 atom stereocenters. The minimum absolute atomic E-state index is 0.0586. The molecule has 1 aromatic heterocycles. The molecule has 2 aromatic rings. The first-order valence-electron chi connectivity index (χ1n) is 10.2. The van der Waals surface area contributed by atoms with E-state index in [0.717, 1.165) is 30.6 Å². The normalized spacial score (nSPS) is 20.9. The van der Waals surface area contributed by atoms with Crippen LogP contribution in [0.4, 0.5) is 10.8 Å². The van der Waals surface area contributed by atoms with Gasteiger partial charge in [-0.15, -0.1) is 11.3 Å². The van der Waals surface area contributed by atoms with Crippen LogP contribution in [0, 0.1) is 5.92 Å². The molecule has 5 rings (SSSR count). The molecule has 0 saturated carbocycles. The standard InChI is InChI=1S/C21H23N3O4S/c25-19-10-13(12-24(19)14-6-7-16-17(11-14)28-9-8-27-16)20(26)23-21-22-15-4-2-1-3-5-18(15)29-21/h6-7,11,13H,1-5,8-10,12H2,(H,22,23,26)/t13-/m1/s1. The second kappa shape index (κ2) is 7.67. The maximum Gasteiger partial charge on any atom is 0.231 e. The van der Waals surface area contributed by atoms with Crippen molar-refractivity contribution in [3.05, 3.63) is 28.8 Å². The van der Waals surface area contributed by atoms with Gasteiger partial charge in [-0.3, -0.25) is 9.59 Å². The van der Waals surface area contributed by atoms with Crippen LogP contribution >= 0.6 is 11.3 Å². The number of benzene rings is 1. The van der Waals surface area contributed by atoms with Crippen LogP contribution in [0.1, 0.15) is 36.3 Å². The Bertz CT molecular complexity index is 934. The molecule has 1 aliphatic carbocycles. The number of ether oxygens (including phenoxy) is 2. The summed E-state index contributed by atoms with van der Waals surface area (Å²) in [6.07, 6.45) is 5.82. The van der Waals surface area contributed by atoms with Crippen molar-refractivity contribution in [2.45, 2.75) is 38.5 Å². The van der Waals surface area contributed by atoms with Crippen molar-refractivity contribution in [2.24, 2.45) is 5.92 Å². The average molecular weight is 413 g/mol. The summed E-state index contributed by atoms with van der Waals surface area (Å²) in [6, 6.07) is 5.46. The van der Waals surface area contributed by atoms with Gasteiger partial charge >= 0.3 is 0 Å². The van der Waals surface area contributed by atoms with Crippen molar-refractivity contribution in [3.8, 4) is 11.5 Å². The van der Waals surface area contributed by atoms with Gasteiger partial charge in [0.05, 0.1) is 11.6 Å². The van der Waals surface area contributed by atoms with Gasteiger partial charge in [-0.1, -0.05) is 6.42 Å². The fourth-order valence-electron chi connectivity index (χ4n) is 4.12. The van der Waals surface area contributed by atoms with Crippen molar-refractivity contribution in [1.29, 1.82) is 0 Å². The number of rotatable bonds is 3. The minimum Gasteiger partial charge on any atom is -0.486 e. The Morgan fingerprint density at radius 2 is 1.97 bits per heavy atom. The molecule has 2 amide bonds. The number of nitrogens with one attached hydrogen (secondary N) is 1. The van der Waals surface area contributed by atoms with Gasteiger partial charge in [0.15, 0.2) is 16.6 Å². The Labute approximate surface area is 173 Å². The Hall–Kier alpha value is -2.61. The second-order valence-corrected chi connectivity index (χ2v) is 8.76. The zero-order valence-corrected chi connectivity index (χ0v) is 16.9. The summed E-state index contributed by atoms with van der Waals surface area (Å²) in [4.78, 5) is 32.9. The molecule has 3 aliphatic rings. The molecule has 1 saturated heterocycles. The fraction of sp³-hybridized carbons (Fsp3) is 0.476. The van der Waals surface area contributed by atoms with E-state index in [-0.39, 0.29) is 24.2 Å². The molecule has 1 N–H and O–H groups in total. The van der Waals surface area contributed by atoms with Gasteiger partial charge in [0, 0.05) is 29.6 Å². The van der Waals surface area contributed by atoms with E-state index < -0.39 is 0 Å². The highest BCUT2D eigenvalue weighted by Crippen LogP contribution is 2.36. The molecule has 0 spiro atoms. The smallest absolute Gasteiger partial charge is 0.231 e. The predicted molar refractivity (Wildman–Crippen MR) is 110 cm³/mol. The Morgan fingerprint density at radius 1 is 1.14 bits per heavy atom. The molecule has 0 radical (unpaired) electrons. The van der Waals surface area contributed by atoms with E-state index in [1.54, 1.807) is 16.2 Å². The molecule has 1 aromatic carbocycles. The van der Waals surface area contributed by atoms with E-state index in [1.165, 1.54) is 17.7 Å². The number of nitrogens with zero attached hydrogens (tertiary/aromatic N) is 2. The van der Waals surface area contributed by atoms with E-state index >= 15 is 0 Å². The zero-order valence-electron chi connectivity index (χ0n) is 16.1. The van der Waals surface area contributed by atoms with E-state index in [9.17, 15) is 9.59 Å². The van der Waals surface area contributed by atoms with Gasteiger partial charge < -0.3 is 19.7 Å². The second-order valence-electron chi connectivity index (χ2n) is 7.67. The average Bonchev–Trinajstić information content (AvgIpc) is 3.23. The molecule has 8 heteroatoms. The lowest BCUT2D eigenvalue weighted by molar-refractivity contribution is -0.122. The van der Waals surface area contributed by atoms with Crippen molar-refractivity contribution in [2.75, 3.05) is 30.0 Å². The zero-order chi connectivity index (χ0) is 19.8. The van der Waals surface area contributed by atoms with Gasteiger partial charge in [-0.05, 0) is 37.8 Å². The van der Waals surface area contributed by atoms with E-state index in [0.29, 0.717) is 36.4 Å². The van der Waals surface area contributed by atoms with Crippen LogP contribution in [-0.4, -0.2) is 36.6 Å². The lowest BCUT2D eigenvalue weighted by Gasteiger charge is -2.22. The summed E-state index contributed by atoms with van der Waals surface area (Å²) in [5.41, 5.74) is 1.86. The predicted octanol–water partition coefficient (Wildman–Crippen LogP) is 3.17. The van der Waals surface area contributed by atoms with Crippen LogP contribution in [0.2, 0.25) is 0 Å². The van der Waals surface area contributed by atoms with Gasteiger partial charge in [-0.25, -0.2) is 4.98 Å². The van der Waals surface area contributed by atoms with Crippen LogP contribution in [-0.2, 0) is 22.4 Å². The lowest BCUT2D eigenvalue weighted by Crippen LogP contribution is -2.28. The van der Waals surface area contributed by atoms with Crippen LogP contribution in [0.3, 0.4) is 0 Å². The number of amides is 2. The number of thiazole rings is 1. The third-order valence-electron chi connectivity index (χ3n) is 5.66. The van der Waals surface area contributed by atoms with Crippen LogP contribution in [0.25, 0.3) is 0 Å². The maximum absolute atomic E-state index is 12.8. The lowest BCUT2D eigenvalue weighted by atomic mass is 10.1. The SMILES string of the molecule is O=C(Nc1nc2c(s1)CCCCC2)[C@@H]1CC(=O)N(c2ccc3c(c2)OCCO3)C1. The Kier molecular flexibility index (Phi) is 4.87. The summed E-state index contributed by atoms with van der Waals surface area (Å²) in [7, 11) is 0. The highest BCUT2D eigenvalue weighted by atomic mass is 32.1. The number of anilines is 2. The third-order valence-corrected chi connectivity index (χ3v) is 6.73. The summed E-state index contributed by atoms with van der Waals surface area (Å²) in [5.74, 6) is 0.738. The van der Waals surface area contributed by atoms with Crippen LogP contribution in [0.15, 0.2) is 18.2 Å². The summed E-state index contributed by atoms with van der Waals surface area (Å²) >= 11 is 1.58. The minimum atomic E-state index is -0.389. The third kappa shape index (κ3) is 3.69. The van der Waals surface area contributed by atoms with Gasteiger partial charge in [0.25, 0.3) is 0 Å². The van der Waals surface area contributed by atoms with Crippen molar-refractivity contribution in [1.82, 2.24) is 4.98 Å². The fourth-order valence-corrected chi connectivity index (χ4v) is 5.18. The quantitative estimate of drug-likeness (QED) is 0.782. The molecule has 0 bridgehead atoms. The Morgan fingerprint density at radius 3 is 2.86 bits per heavy atom. The van der Waals surface area contributed by atoms with Crippen molar-refractivity contribution >= 4 is 34.0 Å².